The fourth-order valence-corrected chi connectivity index (χ4v) is 2.17. The highest BCUT2D eigenvalue weighted by Gasteiger charge is 2.10. The normalized spacial score (nSPS) is 11.8. The first-order valence-corrected chi connectivity index (χ1v) is 6.84. The summed E-state index contributed by atoms with van der Waals surface area (Å²) >= 11 is 0. The maximum absolute atomic E-state index is 13.3. The molecule has 110 valence electrons. The van der Waals surface area contributed by atoms with Crippen LogP contribution in [0.3, 0.4) is 0 Å². The molecule has 1 atom stereocenters. The summed E-state index contributed by atoms with van der Waals surface area (Å²) in [4.78, 5) is 11.4. The van der Waals surface area contributed by atoms with Crippen molar-refractivity contribution in [3.63, 3.8) is 0 Å². The Labute approximate surface area is 123 Å². The Bertz CT molecular complexity index is 610. The van der Waals surface area contributed by atoms with E-state index in [1.165, 1.54) is 19.2 Å². The van der Waals surface area contributed by atoms with E-state index in [0.717, 1.165) is 17.7 Å². The lowest BCUT2D eigenvalue weighted by Crippen LogP contribution is -2.10. The standard InChI is InChI=1S/C17H18FNO2/c1-3-16(13-5-4-6-14(18)11-13)19-15-9-7-12(8-10-15)17(20)21-2/h4-11,16,19H,3H2,1-2H3. The summed E-state index contributed by atoms with van der Waals surface area (Å²) in [6, 6.07) is 13.6. The number of hydrogen-bond donors (Lipinski definition) is 1. The summed E-state index contributed by atoms with van der Waals surface area (Å²) < 4.78 is 18.0. The van der Waals surface area contributed by atoms with Crippen LogP contribution in [0.2, 0.25) is 0 Å². The maximum atomic E-state index is 13.3. The average Bonchev–Trinajstić information content (AvgIpc) is 2.52. The molecule has 21 heavy (non-hydrogen) atoms. The van der Waals surface area contributed by atoms with Crippen LogP contribution in [0, 0.1) is 5.82 Å². The molecule has 0 aliphatic heterocycles. The second-order valence-electron chi connectivity index (χ2n) is 4.73. The molecular formula is C17H18FNO2. The van der Waals surface area contributed by atoms with Crippen molar-refractivity contribution in [2.45, 2.75) is 19.4 Å². The lowest BCUT2D eigenvalue weighted by molar-refractivity contribution is 0.0601. The van der Waals surface area contributed by atoms with Gasteiger partial charge in [0.25, 0.3) is 0 Å². The zero-order chi connectivity index (χ0) is 15.2. The molecule has 2 aromatic carbocycles. The number of carbonyl (C=O) groups excluding carboxylic acids is 1. The van der Waals surface area contributed by atoms with E-state index in [4.69, 9.17) is 0 Å². The van der Waals surface area contributed by atoms with Gasteiger partial charge in [-0.3, -0.25) is 0 Å². The van der Waals surface area contributed by atoms with Crippen molar-refractivity contribution in [2.24, 2.45) is 0 Å². The average molecular weight is 287 g/mol. The second kappa shape index (κ2) is 6.88. The number of rotatable bonds is 5. The van der Waals surface area contributed by atoms with E-state index in [-0.39, 0.29) is 17.8 Å². The molecule has 0 heterocycles. The van der Waals surface area contributed by atoms with Gasteiger partial charge in [0.05, 0.1) is 18.7 Å². The first kappa shape index (κ1) is 15.0. The van der Waals surface area contributed by atoms with Crippen molar-refractivity contribution in [3.8, 4) is 0 Å². The Morgan fingerprint density at radius 3 is 2.52 bits per heavy atom. The van der Waals surface area contributed by atoms with E-state index >= 15 is 0 Å². The smallest absolute Gasteiger partial charge is 0.337 e. The molecule has 2 rings (SSSR count). The van der Waals surface area contributed by atoms with Crippen LogP contribution in [0.25, 0.3) is 0 Å². The van der Waals surface area contributed by atoms with Gasteiger partial charge < -0.3 is 10.1 Å². The maximum Gasteiger partial charge on any atom is 0.337 e. The molecule has 0 spiro atoms. The van der Waals surface area contributed by atoms with Crippen molar-refractivity contribution >= 4 is 11.7 Å². The Morgan fingerprint density at radius 2 is 1.95 bits per heavy atom. The number of methoxy groups -OCH3 is 1. The summed E-state index contributed by atoms with van der Waals surface area (Å²) in [6.45, 7) is 2.03. The zero-order valence-electron chi connectivity index (χ0n) is 12.1. The van der Waals surface area contributed by atoms with Gasteiger partial charge in [-0.2, -0.15) is 0 Å². The number of hydrogen-bond acceptors (Lipinski definition) is 3. The van der Waals surface area contributed by atoms with Crippen LogP contribution >= 0.6 is 0 Å². The SMILES string of the molecule is CCC(Nc1ccc(C(=O)OC)cc1)c1cccc(F)c1. The minimum atomic E-state index is -0.362. The van der Waals surface area contributed by atoms with Crippen LogP contribution in [0.1, 0.15) is 35.3 Å². The number of ether oxygens (including phenoxy) is 1. The van der Waals surface area contributed by atoms with Gasteiger partial charge in [-0.25, -0.2) is 9.18 Å². The van der Waals surface area contributed by atoms with E-state index in [2.05, 4.69) is 10.1 Å². The molecule has 0 radical (unpaired) electrons. The quantitative estimate of drug-likeness (QED) is 0.839. The number of nitrogens with one attached hydrogen (secondary N) is 1. The van der Waals surface area contributed by atoms with Gasteiger partial charge in [0.15, 0.2) is 0 Å². The Morgan fingerprint density at radius 1 is 1.24 bits per heavy atom. The lowest BCUT2D eigenvalue weighted by Gasteiger charge is -2.19. The molecular weight excluding hydrogens is 269 g/mol. The second-order valence-corrected chi connectivity index (χ2v) is 4.73. The van der Waals surface area contributed by atoms with Crippen LogP contribution in [0.4, 0.5) is 10.1 Å². The van der Waals surface area contributed by atoms with Gasteiger partial charge >= 0.3 is 5.97 Å². The topological polar surface area (TPSA) is 38.3 Å². The molecule has 0 bridgehead atoms. The van der Waals surface area contributed by atoms with Gasteiger partial charge in [-0.15, -0.1) is 0 Å². The summed E-state index contributed by atoms with van der Waals surface area (Å²) in [5.74, 6) is -0.604. The number of carbonyl (C=O) groups is 1. The lowest BCUT2D eigenvalue weighted by atomic mass is 10.0. The fraction of sp³-hybridized carbons (Fsp3) is 0.235. The number of anilines is 1. The zero-order valence-corrected chi connectivity index (χ0v) is 12.1. The predicted molar refractivity (Wildman–Crippen MR) is 80.8 cm³/mol. The van der Waals surface area contributed by atoms with Crippen molar-refractivity contribution < 1.29 is 13.9 Å². The molecule has 0 saturated carbocycles. The van der Waals surface area contributed by atoms with Gasteiger partial charge in [0, 0.05) is 5.69 Å². The van der Waals surface area contributed by atoms with Gasteiger partial charge in [0.1, 0.15) is 5.82 Å². The van der Waals surface area contributed by atoms with Crippen molar-refractivity contribution in [3.05, 3.63) is 65.5 Å². The summed E-state index contributed by atoms with van der Waals surface area (Å²) in [7, 11) is 1.35. The third-order valence-corrected chi connectivity index (χ3v) is 3.31. The van der Waals surface area contributed by atoms with Crippen LogP contribution in [-0.2, 0) is 4.74 Å². The van der Waals surface area contributed by atoms with Crippen LogP contribution < -0.4 is 5.32 Å². The molecule has 0 aromatic heterocycles. The summed E-state index contributed by atoms with van der Waals surface area (Å²) in [6.07, 6.45) is 0.822. The minimum Gasteiger partial charge on any atom is -0.465 e. The van der Waals surface area contributed by atoms with Crippen LogP contribution in [-0.4, -0.2) is 13.1 Å². The molecule has 0 fully saturated rings. The first-order valence-electron chi connectivity index (χ1n) is 6.84. The molecule has 1 unspecified atom stereocenters. The molecule has 0 amide bonds. The molecule has 4 heteroatoms. The van der Waals surface area contributed by atoms with Gasteiger partial charge in [0.2, 0.25) is 0 Å². The van der Waals surface area contributed by atoms with E-state index in [0.29, 0.717) is 5.56 Å². The van der Waals surface area contributed by atoms with Crippen molar-refractivity contribution in [1.82, 2.24) is 0 Å². The Hall–Kier alpha value is -2.36. The highest BCUT2D eigenvalue weighted by molar-refractivity contribution is 5.89. The molecule has 0 saturated heterocycles. The van der Waals surface area contributed by atoms with Gasteiger partial charge in [-0.05, 0) is 48.4 Å². The monoisotopic (exact) mass is 287 g/mol. The number of halogens is 1. The molecule has 1 N–H and O–H groups in total. The third-order valence-electron chi connectivity index (χ3n) is 3.31. The van der Waals surface area contributed by atoms with E-state index in [1.807, 2.05) is 25.1 Å². The predicted octanol–water partition coefficient (Wildman–Crippen LogP) is 4.18. The summed E-state index contributed by atoms with van der Waals surface area (Å²) in [5.41, 5.74) is 2.27. The van der Waals surface area contributed by atoms with Crippen LogP contribution in [0.5, 0.6) is 0 Å². The van der Waals surface area contributed by atoms with E-state index in [9.17, 15) is 9.18 Å². The fourth-order valence-electron chi connectivity index (χ4n) is 2.17. The summed E-state index contributed by atoms with van der Waals surface area (Å²) in [5, 5.41) is 3.34. The Balaban J connectivity index is 2.13. The third kappa shape index (κ3) is 3.81. The Kier molecular flexibility index (Phi) is 4.93. The van der Waals surface area contributed by atoms with Crippen molar-refractivity contribution in [1.29, 1.82) is 0 Å². The van der Waals surface area contributed by atoms with Gasteiger partial charge in [-0.1, -0.05) is 19.1 Å². The minimum absolute atomic E-state index is 0.0182. The highest BCUT2D eigenvalue weighted by atomic mass is 19.1. The number of esters is 1. The van der Waals surface area contributed by atoms with E-state index < -0.39 is 0 Å². The van der Waals surface area contributed by atoms with Crippen molar-refractivity contribution in [2.75, 3.05) is 12.4 Å². The van der Waals surface area contributed by atoms with E-state index in [1.54, 1.807) is 18.2 Å². The largest absolute Gasteiger partial charge is 0.465 e. The first-order chi connectivity index (χ1) is 10.1. The number of benzene rings is 2. The molecule has 3 nitrogen and oxygen atoms in total. The molecule has 0 aliphatic carbocycles. The highest BCUT2D eigenvalue weighted by Crippen LogP contribution is 2.23. The van der Waals surface area contributed by atoms with Crippen LogP contribution in [0.15, 0.2) is 48.5 Å². The molecule has 2 aromatic rings. The molecule has 0 aliphatic rings.